The van der Waals surface area contributed by atoms with Crippen LogP contribution in [0.3, 0.4) is 0 Å². The molecule has 0 unspecified atom stereocenters. The van der Waals surface area contributed by atoms with E-state index in [1.165, 1.54) is 24.4 Å². The van der Waals surface area contributed by atoms with Gasteiger partial charge < -0.3 is 14.7 Å². The number of anilines is 3. The number of allylic oxidation sites excluding steroid dienone is 6. The normalized spacial score (nSPS) is 22.1. The van der Waals surface area contributed by atoms with E-state index in [1.54, 1.807) is 11.0 Å². The van der Waals surface area contributed by atoms with E-state index < -0.39 is 23.4 Å². The van der Waals surface area contributed by atoms with Crippen LogP contribution in [0.2, 0.25) is 0 Å². The van der Waals surface area contributed by atoms with E-state index in [1.807, 2.05) is 9.80 Å². The molecule has 2 aromatic rings. The van der Waals surface area contributed by atoms with Crippen LogP contribution in [0.1, 0.15) is 37.1 Å². The van der Waals surface area contributed by atoms with Crippen LogP contribution in [0.25, 0.3) is 5.57 Å². The molecule has 12 heteroatoms. The Morgan fingerprint density at radius 1 is 0.757 bits per heavy atom. The lowest BCUT2D eigenvalue weighted by molar-refractivity contribution is -0.137. The average molecular weight is 520 g/mol. The monoisotopic (exact) mass is 519 g/mol. The highest BCUT2D eigenvalue weighted by molar-refractivity contribution is 5.74. The molecule has 0 radical (unpaired) electrons. The summed E-state index contributed by atoms with van der Waals surface area (Å²) in [6.45, 7) is 2.79. The largest absolute Gasteiger partial charge is 0.419 e. The molecule has 5 rings (SSSR count). The summed E-state index contributed by atoms with van der Waals surface area (Å²) in [4.78, 5) is 23.2. The molecular formula is C25H26F5N7. The Hall–Kier alpha value is -3.57. The number of nitrogens with zero attached hydrogens (tertiary/aromatic N) is 7. The van der Waals surface area contributed by atoms with Gasteiger partial charge in [-0.15, -0.1) is 0 Å². The van der Waals surface area contributed by atoms with Crippen LogP contribution < -0.4 is 14.7 Å². The maximum absolute atomic E-state index is 15.0. The second-order valence-electron chi connectivity index (χ2n) is 9.06. The second kappa shape index (κ2) is 10.4. The molecule has 2 aromatic heterocycles. The van der Waals surface area contributed by atoms with Gasteiger partial charge in [-0.05, 0) is 43.5 Å². The smallest absolute Gasteiger partial charge is 0.353 e. The molecule has 0 saturated carbocycles. The Balaban J connectivity index is 1.43. The van der Waals surface area contributed by atoms with Crippen LogP contribution in [0.4, 0.5) is 39.7 Å². The molecule has 0 spiro atoms. The highest BCUT2D eigenvalue weighted by Gasteiger charge is 2.36. The maximum atomic E-state index is 15.0. The van der Waals surface area contributed by atoms with Crippen LogP contribution in [-0.4, -0.2) is 59.2 Å². The first-order valence-corrected chi connectivity index (χ1v) is 12.2. The summed E-state index contributed by atoms with van der Waals surface area (Å²) >= 11 is 0. The van der Waals surface area contributed by atoms with Crippen molar-refractivity contribution in [3.63, 3.8) is 0 Å². The molecule has 0 amide bonds. The van der Waals surface area contributed by atoms with Crippen molar-refractivity contribution in [3.05, 3.63) is 59.6 Å². The molecule has 3 aliphatic rings. The van der Waals surface area contributed by atoms with Gasteiger partial charge in [0.25, 0.3) is 0 Å². The van der Waals surface area contributed by atoms with Crippen molar-refractivity contribution >= 4 is 23.3 Å². The lowest BCUT2D eigenvalue weighted by Crippen LogP contribution is -2.48. The van der Waals surface area contributed by atoms with Gasteiger partial charge in [-0.1, -0.05) is 6.08 Å². The van der Waals surface area contributed by atoms with Gasteiger partial charge in [0.05, 0.1) is 11.1 Å². The molecule has 196 valence electrons. The fraction of sp³-hybridized carbons (Fsp3) is 0.440. The van der Waals surface area contributed by atoms with Crippen molar-refractivity contribution in [1.29, 1.82) is 0 Å². The third-order valence-electron chi connectivity index (χ3n) is 6.59. The Kier molecular flexibility index (Phi) is 7.07. The summed E-state index contributed by atoms with van der Waals surface area (Å²) < 4.78 is 69.1. The number of hydrogen-bond acceptors (Lipinski definition) is 7. The van der Waals surface area contributed by atoms with Gasteiger partial charge in [0.2, 0.25) is 11.9 Å². The molecule has 2 saturated heterocycles. The summed E-state index contributed by atoms with van der Waals surface area (Å²) in [5.41, 5.74) is -0.596. The summed E-state index contributed by atoms with van der Waals surface area (Å²) in [7, 11) is 0. The minimum atomic E-state index is -4.50. The predicted octanol–water partition coefficient (Wildman–Crippen LogP) is 5.10. The Bertz CT molecular complexity index is 1230. The van der Waals surface area contributed by atoms with Gasteiger partial charge in [-0.25, -0.2) is 13.8 Å². The minimum Gasteiger partial charge on any atom is -0.353 e. The van der Waals surface area contributed by atoms with Gasteiger partial charge in [-0.3, -0.25) is 0 Å². The molecule has 0 atom stereocenters. The SMILES string of the molecule is F/C1=C/CC=C(c2nc(N3CCCC3)nc(N3CCN(c4ncccc4C(F)(F)F)CC3)n2)/C(F)=C\C1. The van der Waals surface area contributed by atoms with E-state index in [0.29, 0.717) is 25.0 Å². The van der Waals surface area contributed by atoms with Crippen LogP contribution in [-0.2, 0) is 6.18 Å². The highest BCUT2D eigenvalue weighted by Crippen LogP contribution is 2.36. The first kappa shape index (κ1) is 25.1. The van der Waals surface area contributed by atoms with Gasteiger partial charge in [0, 0.05) is 51.9 Å². The lowest BCUT2D eigenvalue weighted by atomic mass is 10.1. The number of rotatable bonds is 4. The molecule has 1 aliphatic carbocycles. The molecule has 0 bridgehead atoms. The van der Waals surface area contributed by atoms with E-state index in [-0.39, 0.29) is 43.1 Å². The second-order valence-corrected chi connectivity index (χ2v) is 9.06. The Labute approximate surface area is 211 Å². The van der Waals surface area contributed by atoms with Gasteiger partial charge >= 0.3 is 6.18 Å². The van der Waals surface area contributed by atoms with E-state index in [9.17, 15) is 22.0 Å². The predicted molar refractivity (Wildman–Crippen MR) is 131 cm³/mol. The van der Waals surface area contributed by atoms with Gasteiger partial charge in [-0.2, -0.15) is 28.1 Å². The van der Waals surface area contributed by atoms with E-state index in [2.05, 4.69) is 19.9 Å². The molecule has 0 N–H and O–H groups in total. The highest BCUT2D eigenvalue weighted by atomic mass is 19.4. The van der Waals surface area contributed by atoms with Crippen LogP contribution in [0.5, 0.6) is 0 Å². The minimum absolute atomic E-state index is 0.101. The molecular weight excluding hydrogens is 493 g/mol. The fourth-order valence-electron chi connectivity index (χ4n) is 4.64. The fourth-order valence-corrected chi connectivity index (χ4v) is 4.64. The lowest BCUT2D eigenvalue weighted by Gasteiger charge is -2.36. The third kappa shape index (κ3) is 5.57. The van der Waals surface area contributed by atoms with Crippen molar-refractivity contribution in [1.82, 2.24) is 19.9 Å². The standard InChI is InChI=1S/C25H26F5N7/c26-17-5-3-6-18(20(27)9-8-17)21-32-23(36-11-1-2-12-36)34-24(33-21)37-15-13-35(14-16-37)22-19(25(28,29)30)7-4-10-31-22/h4-7,9-10H,1-3,8,11-16H2/b17-5+,18-6?,20-9+. The summed E-state index contributed by atoms with van der Waals surface area (Å²) in [6.07, 6.45) is 2.98. The average Bonchev–Trinajstić information content (AvgIpc) is 3.43. The molecule has 7 nitrogen and oxygen atoms in total. The van der Waals surface area contributed by atoms with Crippen molar-refractivity contribution in [2.45, 2.75) is 31.9 Å². The van der Waals surface area contributed by atoms with Crippen molar-refractivity contribution in [2.75, 3.05) is 54.0 Å². The first-order valence-electron chi connectivity index (χ1n) is 12.2. The quantitative estimate of drug-likeness (QED) is 0.521. The van der Waals surface area contributed by atoms with Crippen LogP contribution in [0.15, 0.2) is 48.2 Å². The van der Waals surface area contributed by atoms with E-state index in [4.69, 9.17) is 0 Å². The topological polar surface area (TPSA) is 61.3 Å². The third-order valence-corrected chi connectivity index (χ3v) is 6.59. The van der Waals surface area contributed by atoms with Crippen molar-refractivity contribution in [2.24, 2.45) is 0 Å². The Morgan fingerprint density at radius 3 is 2.08 bits per heavy atom. The number of hydrogen-bond donors (Lipinski definition) is 0. The molecule has 2 aliphatic heterocycles. The molecule has 4 heterocycles. The van der Waals surface area contributed by atoms with E-state index in [0.717, 1.165) is 32.0 Å². The zero-order valence-electron chi connectivity index (χ0n) is 20.1. The van der Waals surface area contributed by atoms with Crippen molar-refractivity contribution < 1.29 is 22.0 Å². The summed E-state index contributed by atoms with van der Waals surface area (Å²) in [5.74, 6) is -0.187. The van der Waals surface area contributed by atoms with Crippen LogP contribution in [0, 0.1) is 0 Å². The first-order chi connectivity index (χ1) is 17.8. The molecule has 37 heavy (non-hydrogen) atoms. The molecule has 0 aromatic carbocycles. The summed E-state index contributed by atoms with van der Waals surface area (Å²) in [5, 5.41) is 0. The van der Waals surface area contributed by atoms with Crippen LogP contribution >= 0.6 is 0 Å². The van der Waals surface area contributed by atoms with E-state index >= 15 is 0 Å². The van der Waals surface area contributed by atoms with Gasteiger partial charge in [0.15, 0.2) is 5.82 Å². The number of aromatic nitrogens is 4. The van der Waals surface area contributed by atoms with Gasteiger partial charge in [0.1, 0.15) is 17.5 Å². The number of piperazine rings is 1. The summed E-state index contributed by atoms with van der Waals surface area (Å²) in [6, 6.07) is 2.30. The zero-order valence-corrected chi connectivity index (χ0v) is 20.1. The maximum Gasteiger partial charge on any atom is 0.419 e. The number of halogens is 5. The number of alkyl halides is 3. The Morgan fingerprint density at radius 2 is 1.41 bits per heavy atom. The zero-order chi connectivity index (χ0) is 26.0. The number of pyridine rings is 1. The molecule has 2 fully saturated rings. The van der Waals surface area contributed by atoms with Crippen molar-refractivity contribution in [3.8, 4) is 0 Å².